The van der Waals surface area contributed by atoms with Gasteiger partial charge in [-0.05, 0) is 17.3 Å². The molecule has 2 heterocycles. The molecule has 6 nitrogen and oxygen atoms in total. The van der Waals surface area contributed by atoms with Crippen molar-refractivity contribution in [3.05, 3.63) is 16.1 Å². The normalized spacial score (nSPS) is 17.1. The summed E-state index contributed by atoms with van der Waals surface area (Å²) in [6.07, 6.45) is 0.713. The zero-order valence-corrected chi connectivity index (χ0v) is 18.4. The van der Waals surface area contributed by atoms with Crippen molar-refractivity contribution in [1.82, 2.24) is 14.8 Å². The second-order valence-corrected chi connectivity index (χ2v) is 10.6. The second-order valence-electron chi connectivity index (χ2n) is 9.70. The highest BCUT2D eigenvalue weighted by Gasteiger charge is 2.46. The molecule has 1 saturated heterocycles. The van der Waals surface area contributed by atoms with Crippen molar-refractivity contribution in [1.29, 1.82) is 0 Å². The predicted octanol–water partition coefficient (Wildman–Crippen LogP) is 4.42. The van der Waals surface area contributed by atoms with E-state index in [-0.39, 0.29) is 11.4 Å². The fourth-order valence-corrected chi connectivity index (χ4v) is 5.02. The first kappa shape index (κ1) is 21.7. The van der Waals surface area contributed by atoms with Gasteiger partial charge in [0, 0.05) is 24.4 Å². The quantitative estimate of drug-likeness (QED) is 0.742. The smallest absolute Gasteiger partial charge is 0.327 e. The molecule has 0 aromatic carbocycles. The Morgan fingerprint density at radius 2 is 1.89 bits per heavy atom. The molecule has 152 valence electrons. The highest BCUT2D eigenvalue weighted by molar-refractivity contribution is 7.09. The summed E-state index contributed by atoms with van der Waals surface area (Å²) in [5.41, 5.74) is 0.328. The summed E-state index contributed by atoms with van der Waals surface area (Å²) in [6, 6.07) is -1.04. The summed E-state index contributed by atoms with van der Waals surface area (Å²) in [5.74, 6) is -0.570. The highest BCUT2D eigenvalue weighted by atomic mass is 32.1. The maximum atomic E-state index is 13.0. The van der Waals surface area contributed by atoms with Crippen LogP contribution in [-0.4, -0.2) is 51.0 Å². The number of carboxylic acids is 1. The van der Waals surface area contributed by atoms with Gasteiger partial charge in [0.15, 0.2) is 0 Å². The molecular weight excluding hydrogens is 362 g/mol. The van der Waals surface area contributed by atoms with Gasteiger partial charge in [0.2, 0.25) is 0 Å². The molecule has 2 amide bonds. The van der Waals surface area contributed by atoms with Gasteiger partial charge in [0.25, 0.3) is 0 Å². The van der Waals surface area contributed by atoms with Gasteiger partial charge in [-0.2, -0.15) is 0 Å². The van der Waals surface area contributed by atoms with E-state index in [2.05, 4.69) is 39.6 Å². The standard InChI is InChI=1S/C20H33N3O3S/c1-13(2)16-21-14(11-27-16)10-22-8-9-23(18(22)26)15(17(24)25)20(6,7)12-19(3,4)5/h11,13,15H,8-10,12H2,1-7H3,(H,24,25)/t15-/m1/s1. The Kier molecular flexibility index (Phi) is 6.24. The van der Waals surface area contributed by atoms with Gasteiger partial charge in [-0.3, -0.25) is 0 Å². The maximum absolute atomic E-state index is 13.0. The number of hydrogen-bond acceptors (Lipinski definition) is 4. The molecule has 0 aliphatic carbocycles. The number of amides is 2. The van der Waals surface area contributed by atoms with E-state index in [1.54, 1.807) is 16.2 Å². The van der Waals surface area contributed by atoms with E-state index in [1.165, 1.54) is 4.90 Å². The van der Waals surface area contributed by atoms with Crippen LogP contribution in [-0.2, 0) is 11.3 Å². The summed E-state index contributed by atoms with van der Waals surface area (Å²) in [7, 11) is 0. The molecule has 7 heteroatoms. The summed E-state index contributed by atoms with van der Waals surface area (Å²) in [5, 5.41) is 12.9. The number of carboxylic acid groups (broad SMARTS) is 1. The monoisotopic (exact) mass is 395 g/mol. The number of aromatic nitrogens is 1. The Bertz CT molecular complexity index is 691. The van der Waals surface area contributed by atoms with E-state index in [4.69, 9.17) is 0 Å². The number of nitrogens with zero attached hydrogens (tertiary/aromatic N) is 3. The Balaban J connectivity index is 2.15. The van der Waals surface area contributed by atoms with Gasteiger partial charge in [0.05, 0.1) is 17.2 Å². The molecule has 1 aromatic heterocycles. The van der Waals surface area contributed by atoms with Crippen molar-refractivity contribution >= 4 is 23.3 Å². The molecule has 27 heavy (non-hydrogen) atoms. The lowest BCUT2D eigenvalue weighted by Gasteiger charge is -2.40. The van der Waals surface area contributed by atoms with E-state index in [0.29, 0.717) is 32.0 Å². The lowest BCUT2D eigenvalue weighted by molar-refractivity contribution is -0.147. The molecule has 1 aliphatic rings. The largest absolute Gasteiger partial charge is 0.480 e. The second kappa shape index (κ2) is 7.78. The Hall–Kier alpha value is -1.63. The highest BCUT2D eigenvalue weighted by Crippen LogP contribution is 2.39. The molecule has 1 aliphatic heterocycles. The Morgan fingerprint density at radius 3 is 2.37 bits per heavy atom. The maximum Gasteiger partial charge on any atom is 0.327 e. The molecule has 1 atom stereocenters. The van der Waals surface area contributed by atoms with Crippen LogP contribution in [0.5, 0.6) is 0 Å². The van der Waals surface area contributed by atoms with Crippen LogP contribution in [0.2, 0.25) is 0 Å². The molecule has 1 fully saturated rings. The fraction of sp³-hybridized carbons (Fsp3) is 0.750. The lowest BCUT2D eigenvalue weighted by atomic mass is 9.71. The Labute approximate surface area is 166 Å². The third kappa shape index (κ3) is 5.21. The van der Waals surface area contributed by atoms with Gasteiger partial charge in [-0.25, -0.2) is 14.6 Å². The summed E-state index contributed by atoms with van der Waals surface area (Å²) >= 11 is 1.61. The summed E-state index contributed by atoms with van der Waals surface area (Å²) in [6.45, 7) is 15.8. The van der Waals surface area contributed by atoms with Crippen molar-refractivity contribution in [3.63, 3.8) is 0 Å². The zero-order valence-electron chi connectivity index (χ0n) is 17.6. The minimum Gasteiger partial charge on any atom is -0.480 e. The number of carbonyl (C=O) groups excluding carboxylic acids is 1. The third-order valence-corrected chi connectivity index (χ3v) is 6.01. The molecule has 0 saturated carbocycles. The number of urea groups is 1. The van der Waals surface area contributed by atoms with Crippen molar-refractivity contribution in [2.75, 3.05) is 13.1 Å². The van der Waals surface area contributed by atoms with Crippen LogP contribution in [0.25, 0.3) is 0 Å². The van der Waals surface area contributed by atoms with Crippen LogP contribution in [0.1, 0.15) is 71.5 Å². The van der Waals surface area contributed by atoms with Crippen molar-refractivity contribution in [2.45, 2.75) is 73.4 Å². The predicted molar refractivity (Wildman–Crippen MR) is 108 cm³/mol. The average molecular weight is 396 g/mol. The van der Waals surface area contributed by atoms with Gasteiger partial charge < -0.3 is 14.9 Å². The van der Waals surface area contributed by atoms with E-state index < -0.39 is 17.4 Å². The number of carbonyl (C=O) groups is 2. The van der Waals surface area contributed by atoms with Crippen LogP contribution in [0.3, 0.4) is 0 Å². The number of aliphatic carboxylic acids is 1. The molecule has 0 radical (unpaired) electrons. The van der Waals surface area contributed by atoms with Gasteiger partial charge in [0.1, 0.15) is 6.04 Å². The minimum atomic E-state index is -0.935. The molecule has 2 rings (SSSR count). The van der Waals surface area contributed by atoms with Gasteiger partial charge in [-0.1, -0.05) is 48.5 Å². The molecular formula is C20H33N3O3S. The van der Waals surface area contributed by atoms with E-state index in [1.807, 2.05) is 19.2 Å². The lowest BCUT2D eigenvalue weighted by Crippen LogP contribution is -2.52. The Morgan fingerprint density at radius 1 is 1.26 bits per heavy atom. The molecule has 1 N–H and O–H groups in total. The summed E-state index contributed by atoms with van der Waals surface area (Å²) in [4.78, 5) is 32.9. The first-order chi connectivity index (χ1) is 12.3. The van der Waals surface area contributed by atoms with Crippen molar-refractivity contribution in [2.24, 2.45) is 10.8 Å². The number of hydrogen-bond donors (Lipinski definition) is 1. The SMILES string of the molecule is CC(C)c1nc(CN2CCN([C@H](C(=O)O)C(C)(C)CC(C)(C)C)C2=O)cs1. The number of rotatable bonds is 7. The van der Waals surface area contributed by atoms with Crippen LogP contribution < -0.4 is 0 Å². The topological polar surface area (TPSA) is 73.7 Å². The minimum absolute atomic E-state index is 0.0203. The number of thiazole rings is 1. The van der Waals surface area contributed by atoms with Crippen molar-refractivity contribution < 1.29 is 14.7 Å². The van der Waals surface area contributed by atoms with Crippen LogP contribution in [0.4, 0.5) is 4.79 Å². The summed E-state index contributed by atoms with van der Waals surface area (Å²) < 4.78 is 0. The zero-order chi connectivity index (χ0) is 20.6. The molecule has 0 bridgehead atoms. The van der Waals surface area contributed by atoms with Crippen LogP contribution in [0.15, 0.2) is 5.38 Å². The average Bonchev–Trinajstić information content (AvgIpc) is 3.06. The first-order valence-corrected chi connectivity index (χ1v) is 10.4. The van der Waals surface area contributed by atoms with Crippen LogP contribution in [0, 0.1) is 10.8 Å². The fourth-order valence-electron chi connectivity index (χ4n) is 4.20. The van der Waals surface area contributed by atoms with Gasteiger partial charge >= 0.3 is 12.0 Å². The molecule has 1 aromatic rings. The van der Waals surface area contributed by atoms with E-state index in [9.17, 15) is 14.7 Å². The molecule has 0 unspecified atom stereocenters. The van der Waals surface area contributed by atoms with Gasteiger partial charge in [-0.15, -0.1) is 11.3 Å². The molecule has 0 spiro atoms. The first-order valence-electron chi connectivity index (χ1n) is 9.54. The van der Waals surface area contributed by atoms with Crippen molar-refractivity contribution in [3.8, 4) is 0 Å². The van der Waals surface area contributed by atoms with E-state index >= 15 is 0 Å². The van der Waals surface area contributed by atoms with E-state index in [0.717, 1.165) is 10.7 Å². The van der Waals surface area contributed by atoms with Crippen LogP contribution >= 0.6 is 11.3 Å². The third-order valence-electron chi connectivity index (χ3n) is 4.82.